The van der Waals surface area contributed by atoms with E-state index < -0.39 is 0 Å². The van der Waals surface area contributed by atoms with Crippen molar-refractivity contribution in [2.75, 3.05) is 0 Å². The van der Waals surface area contributed by atoms with E-state index in [0.717, 1.165) is 49.9 Å². The third-order valence-corrected chi connectivity index (χ3v) is 8.65. The molecule has 0 aliphatic heterocycles. The smallest absolute Gasteiger partial charge is 0.309 e. The molecular weight excluding hydrogens is 392 g/mol. The van der Waals surface area contributed by atoms with E-state index in [4.69, 9.17) is 4.74 Å². The Morgan fingerprint density at radius 3 is 1.84 bits per heavy atom. The minimum absolute atomic E-state index is 0.132. The van der Waals surface area contributed by atoms with Crippen molar-refractivity contribution in [3.8, 4) is 0 Å². The second-order valence-electron chi connectivity index (χ2n) is 11.3. The number of carbonyl (C=O) groups excluding carboxylic acids is 1. The lowest BCUT2D eigenvalue weighted by Crippen LogP contribution is -2.31. The second-order valence-corrected chi connectivity index (χ2v) is 11.3. The molecule has 0 aromatic heterocycles. The molecule has 2 nitrogen and oxygen atoms in total. The fraction of sp³-hybridized carbons (Fsp3) is 0.967. The maximum atomic E-state index is 12.9. The molecule has 0 amide bonds. The van der Waals surface area contributed by atoms with Crippen LogP contribution in [0.3, 0.4) is 0 Å². The molecule has 1 unspecified atom stereocenters. The molecule has 1 atom stereocenters. The largest absolute Gasteiger partial charge is 0.462 e. The fourth-order valence-corrected chi connectivity index (χ4v) is 6.45. The maximum absolute atomic E-state index is 12.9. The highest BCUT2D eigenvalue weighted by Gasteiger charge is 2.34. The third-order valence-electron chi connectivity index (χ3n) is 8.65. The lowest BCUT2D eigenvalue weighted by Gasteiger charge is -2.37. The monoisotopic (exact) mass is 448 g/mol. The summed E-state index contributed by atoms with van der Waals surface area (Å²) in [6.45, 7) is 6.79. The SMILES string of the molecule is CCCCCCCCC(CCC)OC(=O)C1CCC(C2CCC(CCCCC)CC2)CC1. The van der Waals surface area contributed by atoms with Gasteiger partial charge < -0.3 is 4.74 Å². The summed E-state index contributed by atoms with van der Waals surface area (Å²) < 4.78 is 6.06. The van der Waals surface area contributed by atoms with Crippen molar-refractivity contribution < 1.29 is 9.53 Å². The van der Waals surface area contributed by atoms with Gasteiger partial charge in [-0.1, -0.05) is 97.8 Å². The normalized spacial score (nSPS) is 27.2. The maximum Gasteiger partial charge on any atom is 0.309 e. The highest BCUT2D eigenvalue weighted by atomic mass is 16.5. The zero-order valence-corrected chi connectivity index (χ0v) is 22.1. The Hall–Kier alpha value is -0.530. The van der Waals surface area contributed by atoms with Gasteiger partial charge in [-0.05, 0) is 75.5 Å². The first kappa shape index (κ1) is 27.7. The van der Waals surface area contributed by atoms with Crippen LogP contribution in [0.15, 0.2) is 0 Å². The molecule has 2 rings (SSSR count). The van der Waals surface area contributed by atoms with Crippen LogP contribution in [0.5, 0.6) is 0 Å². The van der Waals surface area contributed by atoms with E-state index in [1.54, 1.807) is 0 Å². The van der Waals surface area contributed by atoms with Crippen molar-refractivity contribution in [3.63, 3.8) is 0 Å². The van der Waals surface area contributed by atoms with Crippen molar-refractivity contribution in [2.24, 2.45) is 23.7 Å². The topological polar surface area (TPSA) is 26.3 Å². The molecule has 2 heteroatoms. The van der Waals surface area contributed by atoms with Gasteiger partial charge >= 0.3 is 5.97 Å². The van der Waals surface area contributed by atoms with Crippen molar-refractivity contribution in [3.05, 3.63) is 0 Å². The Kier molecular flexibility index (Phi) is 14.7. The van der Waals surface area contributed by atoms with Crippen LogP contribution >= 0.6 is 0 Å². The Morgan fingerprint density at radius 2 is 1.22 bits per heavy atom. The number of rotatable bonds is 16. The zero-order valence-electron chi connectivity index (χ0n) is 22.1. The van der Waals surface area contributed by atoms with Gasteiger partial charge in [0.1, 0.15) is 6.10 Å². The number of ether oxygens (including phenoxy) is 1. The summed E-state index contributed by atoms with van der Waals surface area (Å²) in [6, 6.07) is 0. The zero-order chi connectivity index (χ0) is 23.0. The van der Waals surface area contributed by atoms with Crippen LogP contribution in [0.4, 0.5) is 0 Å². The van der Waals surface area contributed by atoms with Crippen LogP contribution in [0.2, 0.25) is 0 Å². The van der Waals surface area contributed by atoms with Crippen molar-refractivity contribution in [2.45, 2.75) is 162 Å². The van der Waals surface area contributed by atoms with Gasteiger partial charge in [-0.3, -0.25) is 4.79 Å². The highest BCUT2D eigenvalue weighted by molar-refractivity contribution is 5.72. The highest BCUT2D eigenvalue weighted by Crippen LogP contribution is 2.42. The molecule has 2 aliphatic carbocycles. The summed E-state index contributed by atoms with van der Waals surface area (Å²) in [5.74, 6) is 3.14. The van der Waals surface area contributed by atoms with Crippen LogP contribution in [0.1, 0.15) is 156 Å². The second kappa shape index (κ2) is 17.0. The number of esters is 1. The Morgan fingerprint density at radius 1 is 0.656 bits per heavy atom. The summed E-state index contributed by atoms with van der Waals surface area (Å²) in [7, 11) is 0. The van der Waals surface area contributed by atoms with E-state index in [1.807, 2.05) is 0 Å². The van der Waals surface area contributed by atoms with E-state index in [1.165, 1.54) is 103 Å². The van der Waals surface area contributed by atoms with Gasteiger partial charge in [-0.25, -0.2) is 0 Å². The Labute approximate surface area is 201 Å². The van der Waals surface area contributed by atoms with Crippen LogP contribution in [0, 0.1) is 23.7 Å². The summed E-state index contributed by atoms with van der Waals surface area (Å²) in [4.78, 5) is 12.9. The molecule has 0 saturated heterocycles. The minimum Gasteiger partial charge on any atom is -0.462 e. The van der Waals surface area contributed by atoms with Crippen LogP contribution in [0.25, 0.3) is 0 Å². The van der Waals surface area contributed by atoms with E-state index in [9.17, 15) is 4.79 Å². The molecule has 0 N–H and O–H groups in total. The van der Waals surface area contributed by atoms with Gasteiger partial charge in [0.05, 0.1) is 5.92 Å². The average molecular weight is 449 g/mol. The van der Waals surface area contributed by atoms with Crippen molar-refractivity contribution in [1.29, 1.82) is 0 Å². The molecule has 0 aromatic carbocycles. The molecule has 0 bridgehead atoms. The van der Waals surface area contributed by atoms with E-state index >= 15 is 0 Å². The quantitative estimate of drug-likeness (QED) is 0.173. The fourth-order valence-electron chi connectivity index (χ4n) is 6.45. The first-order valence-electron chi connectivity index (χ1n) is 14.9. The molecule has 0 spiro atoms. The Balaban J connectivity index is 1.63. The minimum atomic E-state index is 0.132. The van der Waals surface area contributed by atoms with Gasteiger partial charge in [0.2, 0.25) is 0 Å². The summed E-state index contributed by atoms with van der Waals surface area (Å²) >= 11 is 0. The standard InChI is InChI=1S/C30H56O2/c1-4-7-9-10-11-13-16-29(14-6-3)32-30(31)28-23-21-27(22-24-28)26-19-17-25(18-20-26)15-12-8-5-2/h25-29H,4-24H2,1-3H3. The summed E-state index contributed by atoms with van der Waals surface area (Å²) in [5.41, 5.74) is 0. The molecule has 2 fully saturated rings. The van der Waals surface area contributed by atoms with Gasteiger partial charge in [0.15, 0.2) is 0 Å². The lowest BCUT2D eigenvalue weighted by molar-refractivity contribution is -0.156. The predicted octanol–water partition coefficient (Wildman–Crippen LogP) is 9.64. The molecule has 188 valence electrons. The van der Waals surface area contributed by atoms with E-state index in [0.29, 0.717) is 0 Å². The van der Waals surface area contributed by atoms with Crippen molar-refractivity contribution in [1.82, 2.24) is 0 Å². The molecular formula is C30H56O2. The van der Waals surface area contributed by atoms with Gasteiger partial charge in [0.25, 0.3) is 0 Å². The van der Waals surface area contributed by atoms with Crippen molar-refractivity contribution >= 4 is 5.97 Å². The van der Waals surface area contributed by atoms with Gasteiger partial charge in [0, 0.05) is 0 Å². The van der Waals surface area contributed by atoms with Gasteiger partial charge in [-0.2, -0.15) is 0 Å². The van der Waals surface area contributed by atoms with Crippen LogP contribution in [-0.4, -0.2) is 12.1 Å². The number of hydrogen-bond donors (Lipinski definition) is 0. The molecule has 0 radical (unpaired) electrons. The Bertz CT molecular complexity index is 457. The summed E-state index contributed by atoms with van der Waals surface area (Å²) in [6.07, 6.45) is 27.5. The summed E-state index contributed by atoms with van der Waals surface area (Å²) in [5, 5.41) is 0. The molecule has 2 saturated carbocycles. The number of hydrogen-bond acceptors (Lipinski definition) is 2. The number of unbranched alkanes of at least 4 members (excludes halogenated alkanes) is 7. The van der Waals surface area contributed by atoms with E-state index in [-0.39, 0.29) is 18.0 Å². The first-order chi connectivity index (χ1) is 15.7. The van der Waals surface area contributed by atoms with E-state index in [2.05, 4.69) is 20.8 Å². The molecule has 2 aliphatic rings. The number of carbonyl (C=O) groups is 1. The molecule has 32 heavy (non-hydrogen) atoms. The average Bonchev–Trinajstić information content (AvgIpc) is 2.82. The molecule has 0 heterocycles. The first-order valence-corrected chi connectivity index (χ1v) is 14.9. The van der Waals surface area contributed by atoms with Gasteiger partial charge in [-0.15, -0.1) is 0 Å². The third kappa shape index (κ3) is 10.6. The van der Waals surface area contributed by atoms with Crippen LogP contribution < -0.4 is 0 Å². The molecule has 0 aromatic rings. The lowest BCUT2D eigenvalue weighted by atomic mass is 9.68. The van der Waals surface area contributed by atoms with Crippen LogP contribution in [-0.2, 0) is 9.53 Å². The predicted molar refractivity (Wildman–Crippen MR) is 138 cm³/mol.